The smallest absolute Gasteiger partial charge is 0.340 e. The molecule has 92 valence electrons. The van der Waals surface area contributed by atoms with Crippen LogP contribution in [0.5, 0.6) is 0 Å². The van der Waals surface area contributed by atoms with Crippen molar-refractivity contribution in [3.63, 3.8) is 0 Å². The zero-order chi connectivity index (χ0) is 11.4. The van der Waals surface area contributed by atoms with Crippen LogP contribution in [0.15, 0.2) is 0 Å². The molecular formula is C12H22N2OW. The van der Waals surface area contributed by atoms with Crippen molar-refractivity contribution in [2.75, 3.05) is 33.2 Å². The van der Waals surface area contributed by atoms with Crippen LogP contribution in [0, 0.1) is 19.8 Å². The first-order valence-corrected chi connectivity index (χ1v) is 5.59. The van der Waals surface area contributed by atoms with E-state index in [1.807, 2.05) is 0 Å². The molecule has 2 unspecified atom stereocenters. The van der Waals surface area contributed by atoms with Crippen LogP contribution in [-0.4, -0.2) is 54.9 Å². The second-order valence-electron chi connectivity index (χ2n) is 4.56. The first-order chi connectivity index (χ1) is 7.04. The molecule has 0 aromatic heterocycles. The van der Waals surface area contributed by atoms with Gasteiger partial charge in [-0.1, -0.05) is 0 Å². The van der Waals surface area contributed by atoms with Crippen molar-refractivity contribution in [2.45, 2.75) is 19.4 Å². The average molecular weight is 394 g/mol. The number of carbonyl (C=O) groups is 1. The fourth-order valence-corrected chi connectivity index (χ4v) is 2.44. The molecule has 2 rings (SSSR count). The van der Waals surface area contributed by atoms with Gasteiger partial charge >= 0.3 is 21.1 Å². The van der Waals surface area contributed by atoms with Crippen LogP contribution >= 0.6 is 0 Å². The monoisotopic (exact) mass is 394 g/mol. The Bertz CT molecular complexity index is 219. The van der Waals surface area contributed by atoms with Gasteiger partial charge in [0, 0.05) is 12.6 Å². The van der Waals surface area contributed by atoms with Gasteiger partial charge in [-0.05, 0) is 45.2 Å². The Kier molecular flexibility index (Phi) is 7.54. The fraction of sp³-hybridized carbons (Fsp3) is 0.750. The number of fused-ring (bicyclic) bond motifs is 1. The van der Waals surface area contributed by atoms with Crippen LogP contribution in [-0.2, 0) is 25.9 Å². The van der Waals surface area contributed by atoms with E-state index in [0.29, 0.717) is 0 Å². The van der Waals surface area contributed by atoms with E-state index >= 15 is 0 Å². The summed E-state index contributed by atoms with van der Waals surface area (Å²) in [5, 5.41) is 0. The molecule has 0 aromatic carbocycles. The van der Waals surface area contributed by atoms with Crippen LogP contribution < -0.4 is 0 Å². The van der Waals surface area contributed by atoms with Gasteiger partial charge in [-0.2, -0.15) is 0 Å². The number of carbonyl (C=O) groups excluding carboxylic acids is 1. The molecular weight excluding hydrogens is 372 g/mol. The van der Waals surface area contributed by atoms with Crippen molar-refractivity contribution in [3.8, 4) is 0 Å². The molecule has 0 bridgehead atoms. The summed E-state index contributed by atoms with van der Waals surface area (Å²) in [5.41, 5.74) is 0. The van der Waals surface area contributed by atoms with Crippen molar-refractivity contribution in [1.29, 1.82) is 0 Å². The van der Waals surface area contributed by atoms with Gasteiger partial charge in [0.05, 0.1) is 0 Å². The van der Waals surface area contributed by atoms with Gasteiger partial charge in [0.2, 0.25) is 0 Å². The summed E-state index contributed by atoms with van der Waals surface area (Å²) in [7, 11) is 2.25. The Hall–Kier alpha value is 0.148. The van der Waals surface area contributed by atoms with E-state index in [0.717, 1.165) is 18.5 Å². The van der Waals surface area contributed by atoms with Crippen molar-refractivity contribution >= 4 is 5.78 Å². The zero-order valence-corrected chi connectivity index (χ0v) is 13.2. The third-order valence-corrected chi connectivity index (χ3v) is 3.22. The van der Waals surface area contributed by atoms with E-state index in [4.69, 9.17) is 0 Å². The van der Waals surface area contributed by atoms with Crippen LogP contribution in [0.1, 0.15) is 13.3 Å². The predicted molar refractivity (Wildman–Crippen MR) is 62.4 cm³/mol. The van der Waals surface area contributed by atoms with Crippen LogP contribution in [0.3, 0.4) is 0 Å². The van der Waals surface area contributed by atoms with Crippen LogP contribution in [0.25, 0.3) is 0 Å². The molecule has 2 aliphatic heterocycles. The summed E-state index contributed by atoms with van der Waals surface area (Å²) in [6.45, 7) is 13.2. The molecule has 2 heterocycles. The number of ketones is 1. The van der Waals surface area contributed by atoms with E-state index in [1.165, 1.54) is 33.0 Å². The van der Waals surface area contributed by atoms with Crippen molar-refractivity contribution in [2.24, 2.45) is 5.92 Å². The number of likely N-dealkylation sites (N-methyl/N-ethyl adjacent to an activating group) is 1. The second-order valence-corrected chi connectivity index (χ2v) is 4.56. The van der Waals surface area contributed by atoms with Gasteiger partial charge in [-0.15, -0.1) is 6.54 Å². The number of likely N-dealkylation sites (tertiary alicyclic amines) is 2. The number of hydrogen-bond acceptors (Lipinski definition) is 3. The second kappa shape index (κ2) is 7.47. The molecule has 4 heteroatoms. The minimum Gasteiger partial charge on any atom is -0.340 e. The molecule has 0 spiro atoms. The number of nitrogens with zero attached hydrogens (tertiary/aromatic N) is 2. The van der Waals surface area contributed by atoms with Crippen LogP contribution in [0.2, 0.25) is 0 Å². The van der Waals surface area contributed by atoms with E-state index < -0.39 is 0 Å². The Morgan fingerprint density at radius 3 is 2.44 bits per heavy atom. The van der Waals surface area contributed by atoms with Gasteiger partial charge < -0.3 is 28.4 Å². The van der Waals surface area contributed by atoms with Gasteiger partial charge in [-0.25, -0.2) is 0 Å². The summed E-state index contributed by atoms with van der Waals surface area (Å²) in [6, 6.07) is 0.844. The third kappa shape index (κ3) is 4.56. The Morgan fingerprint density at radius 2 is 2.00 bits per heavy atom. The van der Waals surface area contributed by atoms with E-state index in [9.17, 15) is 4.79 Å². The van der Waals surface area contributed by atoms with E-state index in [2.05, 4.69) is 30.7 Å². The molecule has 16 heavy (non-hydrogen) atoms. The summed E-state index contributed by atoms with van der Waals surface area (Å²) in [5.74, 6) is 0.863. The van der Waals surface area contributed by atoms with E-state index in [-0.39, 0.29) is 26.8 Å². The molecule has 2 atom stereocenters. The topological polar surface area (TPSA) is 23.6 Å². The standard InChI is InChI=1S/C9H17N2.C3H5O.W/c1-3-11-6-8-4-5-10(2)9(8)7-11;1-3(2)4;/h8-9H,1,3-7H2,2H3;1H2,2H3;/q2*-1;+2. The molecule has 2 saturated heterocycles. The van der Waals surface area contributed by atoms with Gasteiger partial charge in [-0.3, -0.25) is 0 Å². The summed E-state index contributed by atoms with van der Waals surface area (Å²) in [6.07, 6.45) is 1.40. The molecule has 0 amide bonds. The average Bonchev–Trinajstić information content (AvgIpc) is 2.67. The predicted octanol–water partition coefficient (Wildman–Crippen LogP) is 0.863. The largest absolute Gasteiger partial charge is 2.00 e. The Balaban J connectivity index is 0.000000397. The molecule has 0 N–H and O–H groups in total. The summed E-state index contributed by atoms with van der Waals surface area (Å²) in [4.78, 5) is 14.3. The third-order valence-electron chi connectivity index (χ3n) is 3.22. The maximum Gasteiger partial charge on any atom is 2.00 e. The SMILES string of the molecule is [CH2-]C(C)=O.[CH2-]CN1CC2CCN(C)C2C1.[W+2]. The Labute approximate surface area is 114 Å². The number of Topliss-reactive ketones (excluding diaryl/α,β-unsaturated/α-hetero) is 1. The normalized spacial score (nSPS) is 28.9. The summed E-state index contributed by atoms with van der Waals surface area (Å²) >= 11 is 0. The van der Waals surface area contributed by atoms with Gasteiger partial charge in [0.1, 0.15) is 0 Å². The first kappa shape index (κ1) is 16.1. The molecule has 3 nitrogen and oxygen atoms in total. The zero-order valence-electron chi connectivity index (χ0n) is 10.3. The minimum absolute atomic E-state index is 0. The summed E-state index contributed by atoms with van der Waals surface area (Å²) < 4.78 is 0. The fourth-order valence-electron chi connectivity index (χ4n) is 2.44. The number of rotatable bonds is 1. The molecule has 0 saturated carbocycles. The molecule has 0 aliphatic carbocycles. The van der Waals surface area contributed by atoms with Gasteiger partial charge in [0.25, 0.3) is 0 Å². The number of hydrogen-bond donors (Lipinski definition) is 0. The van der Waals surface area contributed by atoms with Crippen molar-refractivity contribution in [3.05, 3.63) is 13.8 Å². The quantitative estimate of drug-likeness (QED) is 0.617. The molecule has 2 aliphatic rings. The Morgan fingerprint density at radius 1 is 1.44 bits per heavy atom. The van der Waals surface area contributed by atoms with E-state index in [1.54, 1.807) is 0 Å². The first-order valence-electron chi connectivity index (χ1n) is 5.59. The van der Waals surface area contributed by atoms with Crippen LogP contribution in [0.4, 0.5) is 0 Å². The van der Waals surface area contributed by atoms with Gasteiger partial charge in [0.15, 0.2) is 0 Å². The molecule has 0 radical (unpaired) electrons. The maximum absolute atomic E-state index is 9.33. The van der Waals surface area contributed by atoms with Crippen molar-refractivity contribution < 1.29 is 25.9 Å². The minimum atomic E-state index is -0.0833. The van der Waals surface area contributed by atoms with Crippen molar-refractivity contribution in [1.82, 2.24) is 9.80 Å². The maximum atomic E-state index is 9.33. The molecule has 2 fully saturated rings. The molecule has 0 aromatic rings.